The molecule has 0 saturated heterocycles. The molecule has 4 rings (SSSR count). The van der Waals surface area contributed by atoms with Crippen molar-refractivity contribution in [3.63, 3.8) is 0 Å². The Morgan fingerprint density at radius 1 is 1.09 bits per heavy atom. The van der Waals surface area contributed by atoms with Crippen LogP contribution in [0.2, 0.25) is 0 Å². The predicted octanol–water partition coefficient (Wildman–Crippen LogP) is 2.69. The highest BCUT2D eigenvalue weighted by Gasteiger charge is 2.22. The second-order valence-electron chi connectivity index (χ2n) is 8.23. The van der Waals surface area contributed by atoms with E-state index in [1.807, 2.05) is 30.3 Å². The molecule has 1 aliphatic heterocycles. The molecule has 1 unspecified atom stereocenters. The molecule has 0 radical (unpaired) electrons. The molecule has 0 spiro atoms. The molecule has 2 heterocycles. The summed E-state index contributed by atoms with van der Waals surface area (Å²) in [6.45, 7) is 2.28. The molecule has 0 bridgehead atoms. The zero-order valence-electron chi connectivity index (χ0n) is 18.9. The van der Waals surface area contributed by atoms with Crippen LogP contribution in [0.1, 0.15) is 47.9 Å². The largest absolute Gasteiger partial charge is 0.449 e. The molecule has 0 aliphatic carbocycles. The number of amides is 3. The molecule has 0 fully saturated rings. The highest BCUT2D eigenvalue weighted by atomic mass is 16.5. The lowest BCUT2D eigenvalue weighted by atomic mass is 10.1. The van der Waals surface area contributed by atoms with E-state index in [0.717, 1.165) is 30.7 Å². The first kappa shape index (κ1) is 23.2. The molecular formula is C25H26N4O5. The monoisotopic (exact) mass is 462 g/mol. The molecule has 3 amide bonds. The lowest BCUT2D eigenvalue weighted by Crippen LogP contribution is -2.44. The molecular weight excluding hydrogens is 436 g/mol. The van der Waals surface area contributed by atoms with E-state index in [-0.39, 0.29) is 17.7 Å². The standard InChI is InChI=1S/C25H26N4O5/c1-16(22(30)28-25(33)26-15-17-8-4-2-5-9-17)34-24(32)18-11-12-19-20(14-18)27-21-10-6-3-7-13-29(21)23(19)31/h2,4-5,8-9,11-12,14,16H,3,6-7,10,13,15H2,1H3,(H2,26,28,30,33). The van der Waals surface area contributed by atoms with E-state index in [9.17, 15) is 19.2 Å². The van der Waals surface area contributed by atoms with E-state index in [0.29, 0.717) is 23.9 Å². The van der Waals surface area contributed by atoms with Gasteiger partial charge in [-0.25, -0.2) is 14.6 Å². The Balaban J connectivity index is 1.39. The number of aromatic nitrogens is 2. The minimum absolute atomic E-state index is 0.115. The SMILES string of the molecule is CC(OC(=O)c1ccc2c(=O)n3c(nc2c1)CCCCC3)C(=O)NC(=O)NCc1ccccc1. The van der Waals surface area contributed by atoms with Gasteiger partial charge in [-0.15, -0.1) is 0 Å². The number of imide groups is 1. The number of nitrogens with zero attached hydrogens (tertiary/aromatic N) is 2. The van der Waals surface area contributed by atoms with Crippen molar-refractivity contribution >= 4 is 28.8 Å². The van der Waals surface area contributed by atoms with Crippen molar-refractivity contribution in [2.75, 3.05) is 0 Å². The Hall–Kier alpha value is -4.01. The van der Waals surface area contributed by atoms with Gasteiger partial charge in [0.25, 0.3) is 11.5 Å². The summed E-state index contributed by atoms with van der Waals surface area (Å²) < 4.78 is 6.94. The molecule has 3 aromatic rings. The molecule has 9 nitrogen and oxygen atoms in total. The topological polar surface area (TPSA) is 119 Å². The number of rotatable bonds is 5. The van der Waals surface area contributed by atoms with Gasteiger partial charge in [-0.05, 0) is 43.5 Å². The van der Waals surface area contributed by atoms with Gasteiger partial charge < -0.3 is 10.1 Å². The Kier molecular flexibility index (Phi) is 7.01. The van der Waals surface area contributed by atoms with Gasteiger partial charge in [-0.3, -0.25) is 19.5 Å². The lowest BCUT2D eigenvalue weighted by Gasteiger charge is -2.14. The first-order valence-electron chi connectivity index (χ1n) is 11.3. The van der Waals surface area contributed by atoms with Gasteiger partial charge in [-0.2, -0.15) is 0 Å². The second kappa shape index (κ2) is 10.3. The minimum atomic E-state index is -1.20. The van der Waals surface area contributed by atoms with E-state index >= 15 is 0 Å². The summed E-state index contributed by atoms with van der Waals surface area (Å²) in [5.74, 6) is -0.776. The smallest absolute Gasteiger partial charge is 0.338 e. The highest BCUT2D eigenvalue weighted by molar-refractivity contribution is 5.99. The summed E-state index contributed by atoms with van der Waals surface area (Å²) in [5, 5.41) is 5.17. The number of benzene rings is 2. The average molecular weight is 463 g/mol. The number of hydrogen-bond acceptors (Lipinski definition) is 6. The summed E-state index contributed by atoms with van der Waals surface area (Å²) in [5.41, 5.74) is 1.36. The molecule has 9 heteroatoms. The van der Waals surface area contributed by atoms with Crippen LogP contribution in [-0.2, 0) is 29.0 Å². The van der Waals surface area contributed by atoms with Gasteiger partial charge in [0, 0.05) is 19.5 Å². The molecule has 2 aromatic carbocycles. The molecule has 1 atom stereocenters. The Morgan fingerprint density at radius 2 is 1.88 bits per heavy atom. The van der Waals surface area contributed by atoms with Gasteiger partial charge in [0.05, 0.1) is 16.5 Å². The van der Waals surface area contributed by atoms with Crippen molar-refractivity contribution in [3.05, 3.63) is 75.8 Å². The Labute approximate surface area is 196 Å². The van der Waals surface area contributed by atoms with Crippen molar-refractivity contribution in [3.8, 4) is 0 Å². The number of carbonyl (C=O) groups excluding carboxylic acids is 3. The average Bonchev–Trinajstić information content (AvgIpc) is 3.09. The van der Waals surface area contributed by atoms with Crippen molar-refractivity contribution < 1.29 is 19.1 Å². The predicted molar refractivity (Wildman–Crippen MR) is 125 cm³/mol. The minimum Gasteiger partial charge on any atom is -0.449 e. The van der Waals surface area contributed by atoms with Gasteiger partial charge >= 0.3 is 12.0 Å². The zero-order valence-corrected chi connectivity index (χ0v) is 18.9. The van der Waals surface area contributed by atoms with Crippen LogP contribution in [0.5, 0.6) is 0 Å². The molecule has 2 N–H and O–H groups in total. The van der Waals surface area contributed by atoms with Crippen molar-refractivity contribution in [2.24, 2.45) is 0 Å². The number of aryl methyl sites for hydroxylation is 1. The summed E-state index contributed by atoms with van der Waals surface area (Å²) in [6.07, 6.45) is 2.46. The first-order valence-corrected chi connectivity index (χ1v) is 11.3. The Bertz CT molecular complexity index is 1290. The zero-order chi connectivity index (χ0) is 24.1. The molecule has 34 heavy (non-hydrogen) atoms. The fourth-order valence-electron chi connectivity index (χ4n) is 3.86. The molecule has 176 valence electrons. The third-order valence-electron chi connectivity index (χ3n) is 5.74. The van der Waals surface area contributed by atoms with E-state index in [1.54, 1.807) is 10.6 Å². The maximum absolute atomic E-state index is 12.8. The van der Waals surface area contributed by atoms with E-state index in [4.69, 9.17) is 4.74 Å². The number of nitrogens with one attached hydrogen (secondary N) is 2. The van der Waals surface area contributed by atoms with Crippen LogP contribution < -0.4 is 16.2 Å². The normalized spacial score (nSPS) is 13.9. The number of hydrogen-bond donors (Lipinski definition) is 2. The van der Waals surface area contributed by atoms with Crippen molar-refractivity contribution in [1.29, 1.82) is 0 Å². The number of ether oxygens (including phenoxy) is 1. The quantitative estimate of drug-likeness (QED) is 0.563. The lowest BCUT2D eigenvalue weighted by molar-refractivity contribution is -0.127. The number of carbonyl (C=O) groups is 3. The van der Waals surface area contributed by atoms with Gasteiger partial charge in [0.2, 0.25) is 0 Å². The van der Waals surface area contributed by atoms with Crippen LogP contribution >= 0.6 is 0 Å². The van der Waals surface area contributed by atoms with Crippen molar-refractivity contribution in [2.45, 2.75) is 51.8 Å². The fourth-order valence-corrected chi connectivity index (χ4v) is 3.86. The maximum Gasteiger partial charge on any atom is 0.338 e. The van der Waals surface area contributed by atoms with Gasteiger partial charge in [0.15, 0.2) is 6.10 Å². The second-order valence-corrected chi connectivity index (χ2v) is 8.23. The van der Waals surface area contributed by atoms with Crippen LogP contribution in [0.15, 0.2) is 53.3 Å². The van der Waals surface area contributed by atoms with Gasteiger partial charge in [-0.1, -0.05) is 36.8 Å². The summed E-state index contributed by atoms with van der Waals surface area (Å²) >= 11 is 0. The molecule has 1 aliphatic rings. The summed E-state index contributed by atoms with van der Waals surface area (Å²) in [7, 11) is 0. The van der Waals surface area contributed by atoms with Crippen LogP contribution in [0, 0.1) is 0 Å². The van der Waals surface area contributed by atoms with Crippen LogP contribution in [0.25, 0.3) is 10.9 Å². The molecule has 0 saturated carbocycles. The van der Waals surface area contributed by atoms with Crippen LogP contribution in [0.4, 0.5) is 4.79 Å². The number of fused-ring (bicyclic) bond motifs is 2. The van der Waals surface area contributed by atoms with Crippen LogP contribution in [0.3, 0.4) is 0 Å². The fraction of sp³-hybridized carbons (Fsp3) is 0.320. The van der Waals surface area contributed by atoms with E-state index in [1.165, 1.54) is 19.1 Å². The number of esters is 1. The molecule has 1 aromatic heterocycles. The summed E-state index contributed by atoms with van der Waals surface area (Å²) in [4.78, 5) is 54.3. The van der Waals surface area contributed by atoms with E-state index in [2.05, 4.69) is 15.6 Å². The maximum atomic E-state index is 12.8. The van der Waals surface area contributed by atoms with Crippen molar-refractivity contribution in [1.82, 2.24) is 20.2 Å². The van der Waals surface area contributed by atoms with Gasteiger partial charge in [0.1, 0.15) is 5.82 Å². The first-order chi connectivity index (χ1) is 16.4. The third kappa shape index (κ3) is 5.31. The van der Waals surface area contributed by atoms with E-state index < -0.39 is 24.0 Å². The third-order valence-corrected chi connectivity index (χ3v) is 5.74. The van der Waals surface area contributed by atoms with Crippen LogP contribution in [-0.4, -0.2) is 33.6 Å². The highest BCUT2D eigenvalue weighted by Crippen LogP contribution is 2.17. The summed E-state index contributed by atoms with van der Waals surface area (Å²) in [6, 6.07) is 13.1. The Morgan fingerprint density at radius 3 is 2.68 bits per heavy atom. The number of urea groups is 1.